The van der Waals surface area contributed by atoms with E-state index < -0.39 is 10.0 Å². The van der Waals surface area contributed by atoms with Crippen molar-refractivity contribution in [3.8, 4) is 5.75 Å². The number of hydrogen-bond acceptors (Lipinski definition) is 4. The summed E-state index contributed by atoms with van der Waals surface area (Å²) < 4.78 is 33.4. The summed E-state index contributed by atoms with van der Waals surface area (Å²) in [7, 11) is -2.16. The van der Waals surface area contributed by atoms with Crippen LogP contribution in [0.2, 0.25) is 0 Å². The lowest BCUT2D eigenvalue weighted by atomic mass is 10.0. The molecule has 0 radical (unpaired) electrons. The highest BCUT2D eigenvalue weighted by molar-refractivity contribution is 7.92. The Morgan fingerprint density at radius 3 is 2.22 bits per heavy atom. The number of hydrogen-bond donors (Lipinski definition) is 2. The number of rotatable bonds is 8. The number of carbonyl (C=O) groups excluding carboxylic acids is 1. The Morgan fingerprint density at radius 1 is 0.969 bits per heavy atom. The number of carbonyl (C=O) groups is 1. The van der Waals surface area contributed by atoms with Gasteiger partial charge in [-0.3, -0.25) is 9.52 Å². The van der Waals surface area contributed by atoms with Gasteiger partial charge in [0.15, 0.2) is 0 Å². The van der Waals surface area contributed by atoms with Crippen LogP contribution in [-0.2, 0) is 10.0 Å². The maximum absolute atomic E-state index is 12.9. The molecule has 0 aliphatic rings. The van der Waals surface area contributed by atoms with Gasteiger partial charge in [-0.2, -0.15) is 0 Å². The molecule has 0 saturated carbocycles. The van der Waals surface area contributed by atoms with Crippen LogP contribution in [0.4, 0.5) is 5.69 Å². The smallest absolute Gasteiger partial charge is 0.261 e. The van der Waals surface area contributed by atoms with Crippen LogP contribution < -0.4 is 14.8 Å². The van der Waals surface area contributed by atoms with Crippen molar-refractivity contribution in [2.45, 2.75) is 38.1 Å². The lowest BCUT2D eigenvalue weighted by Gasteiger charge is -2.19. The highest BCUT2D eigenvalue weighted by Crippen LogP contribution is 2.24. The van der Waals surface area contributed by atoms with Gasteiger partial charge >= 0.3 is 0 Å². The molecular formula is C25H28N2O4S. The van der Waals surface area contributed by atoms with Gasteiger partial charge in [0.25, 0.3) is 15.9 Å². The minimum Gasteiger partial charge on any atom is -0.497 e. The van der Waals surface area contributed by atoms with Crippen molar-refractivity contribution in [2.75, 3.05) is 11.8 Å². The Hall–Kier alpha value is -3.32. The third-order valence-electron chi connectivity index (χ3n) is 5.31. The molecule has 0 heterocycles. The highest BCUT2D eigenvalue weighted by Gasteiger charge is 2.18. The second-order valence-electron chi connectivity index (χ2n) is 7.66. The molecule has 0 aliphatic heterocycles. The molecule has 1 atom stereocenters. The van der Waals surface area contributed by atoms with Gasteiger partial charge in [0, 0.05) is 5.56 Å². The van der Waals surface area contributed by atoms with Crippen molar-refractivity contribution in [2.24, 2.45) is 0 Å². The normalized spacial score (nSPS) is 12.1. The molecule has 32 heavy (non-hydrogen) atoms. The fourth-order valence-corrected chi connectivity index (χ4v) is 4.41. The summed E-state index contributed by atoms with van der Waals surface area (Å²) in [5.74, 6) is 0.474. The second kappa shape index (κ2) is 9.87. The number of aryl methyl sites for hydroxylation is 2. The van der Waals surface area contributed by atoms with Gasteiger partial charge in [0.05, 0.1) is 23.7 Å². The van der Waals surface area contributed by atoms with Crippen LogP contribution in [0.25, 0.3) is 0 Å². The van der Waals surface area contributed by atoms with E-state index in [0.717, 1.165) is 22.4 Å². The molecule has 0 unspecified atom stereocenters. The Bertz CT molecular complexity index is 1190. The van der Waals surface area contributed by atoms with E-state index in [1.807, 2.05) is 38.1 Å². The molecule has 1 amide bonds. The van der Waals surface area contributed by atoms with Gasteiger partial charge in [0.1, 0.15) is 5.75 Å². The summed E-state index contributed by atoms with van der Waals surface area (Å²) in [5.41, 5.74) is 3.41. The van der Waals surface area contributed by atoms with Crippen LogP contribution in [0.5, 0.6) is 5.75 Å². The molecule has 0 saturated heterocycles. The minimum absolute atomic E-state index is 0.169. The van der Waals surface area contributed by atoms with Crippen LogP contribution in [0, 0.1) is 13.8 Å². The summed E-state index contributed by atoms with van der Waals surface area (Å²) in [6, 6.07) is 19.0. The zero-order chi connectivity index (χ0) is 23.3. The van der Waals surface area contributed by atoms with Crippen molar-refractivity contribution in [1.29, 1.82) is 0 Å². The topological polar surface area (TPSA) is 84.5 Å². The minimum atomic E-state index is -3.77. The summed E-state index contributed by atoms with van der Waals surface area (Å²) in [5, 5.41) is 3.03. The summed E-state index contributed by atoms with van der Waals surface area (Å²) in [6.07, 6.45) is 0.705. The molecule has 0 fully saturated rings. The molecule has 0 aliphatic carbocycles. The largest absolute Gasteiger partial charge is 0.497 e. The van der Waals surface area contributed by atoms with Crippen LogP contribution in [-0.4, -0.2) is 21.4 Å². The van der Waals surface area contributed by atoms with Gasteiger partial charge in [-0.15, -0.1) is 0 Å². The summed E-state index contributed by atoms with van der Waals surface area (Å²) in [6.45, 7) is 5.68. The molecule has 0 spiro atoms. The Morgan fingerprint density at radius 2 is 1.62 bits per heavy atom. The van der Waals surface area contributed by atoms with Crippen LogP contribution in [0.1, 0.15) is 46.4 Å². The quantitative estimate of drug-likeness (QED) is 0.504. The highest BCUT2D eigenvalue weighted by atomic mass is 32.2. The molecule has 3 rings (SSSR count). The van der Waals surface area contributed by atoms with E-state index in [-0.39, 0.29) is 16.8 Å². The molecule has 0 aromatic heterocycles. The number of nitrogens with one attached hydrogen (secondary N) is 2. The molecule has 0 bridgehead atoms. The van der Waals surface area contributed by atoms with E-state index in [9.17, 15) is 13.2 Å². The van der Waals surface area contributed by atoms with E-state index in [0.29, 0.717) is 17.7 Å². The maximum atomic E-state index is 12.9. The lowest BCUT2D eigenvalue weighted by Crippen LogP contribution is -2.28. The van der Waals surface area contributed by atoms with Crippen molar-refractivity contribution in [1.82, 2.24) is 5.32 Å². The molecule has 7 heteroatoms. The zero-order valence-electron chi connectivity index (χ0n) is 18.7. The standard InChI is InChI=1S/C25H28N2O4S/c1-5-23(19-10-12-21(31-4)13-11-19)26-25(28)20-9-8-18(3)24(16-20)27-32(29,30)22-14-6-17(2)7-15-22/h6-16,23,27H,5H2,1-4H3,(H,26,28)/t23-/m0/s1. The third-order valence-corrected chi connectivity index (χ3v) is 6.69. The molecule has 168 valence electrons. The summed E-state index contributed by atoms with van der Waals surface area (Å²) in [4.78, 5) is 13.1. The van der Waals surface area contributed by atoms with Gasteiger partial charge < -0.3 is 10.1 Å². The van der Waals surface area contributed by atoms with Gasteiger partial charge in [-0.1, -0.05) is 42.8 Å². The number of benzene rings is 3. The molecule has 2 N–H and O–H groups in total. The second-order valence-corrected chi connectivity index (χ2v) is 9.34. The Kier molecular flexibility index (Phi) is 7.20. The van der Waals surface area contributed by atoms with Crippen LogP contribution in [0.15, 0.2) is 71.6 Å². The fraction of sp³-hybridized carbons (Fsp3) is 0.240. The van der Waals surface area contributed by atoms with Crippen molar-refractivity contribution in [3.05, 3.63) is 89.0 Å². The molecule has 6 nitrogen and oxygen atoms in total. The van der Waals surface area contributed by atoms with Crippen LogP contribution in [0.3, 0.4) is 0 Å². The number of anilines is 1. The number of amides is 1. The monoisotopic (exact) mass is 452 g/mol. The maximum Gasteiger partial charge on any atom is 0.261 e. The Balaban J connectivity index is 1.80. The van der Waals surface area contributed by atoms with E-state index in [1.54, 1.807) is 56.5 Å². The van der Waals surface area contributed by atoms with Gasteiger partial charge in [0.2, 0.25) is 0 Å². The van der Waals surface area contributed by atoms with Gasteiger partial charge in [-0.25, -0.2) is 8.42 Å². The molecule has 3 aromatic carbocycles. The van der Waals surface area contributed by atoms with E-state index in [4.69, 9.17) is 4.74 Å². The first-order valence-electron chi connectivity index (χ1n) is 10.4. The first kappa shape index (κ1) is 23.3. The van der Waals surface area contributed by atoms with Crippen molar-refractivity contribution >= 4 is 21.6 Å². The first-order valence-corrected chi connectivity index (χ1v) is 11.9. The van der Waals surface area contributed by atoms with Crippen molar-refractivity contribution in [3.63, 3.8) is 0 Å². The number of sulfonamides is 1. The van der Waals surface area contributed by atoms with Crippen LogP contribution >= 0.6 is 0 Å². The van der Waals surface area contributed by atoms with E-state index >= 15 is 0 Å². The number of ether oxygens (including phenoxy) is 1. The number of methoxy groups -OCH3 is 1. The van der Waals surface area contributed by atoms with E-state index in [1.165, 1.54) is 0 Å². The Labute approximate surface area is 189 Å². The average molecular weight is 453 g/mol. The predicted octanol–water partition coefficient (Wildman–Crippen LogP) is 4.99. The SMILES string of the molecule is CC[C@H](NC(=O)c1ccc(C)c(NS(=O)(=O)c2ccc(C)cc2)c1)c1ccc(OC)cc1. The first-order chi connectivity index (χ1) is 15.2. The summed E-state index contributed by atoms with van der Waals surface area (Å²) >= 11 is 0. The fourth-order valence-electron chi connectivity index (χ4n) is 3.29. The van der Waals surface area contributed by atoms with Crippen molar-refractivity contribution < 1.29 is 17.9 Å². The lowest BCUT2D eigenvalue weighted by molar-refractivity contribution is 0.0935. The predicted molar refractivity (Wildman–Crippen MR) is 127 cm³/mol. The van der Waals surface area contributed by atoms with Gasteiger partial charge in [-0.05, 0) is 67.8 Å². The molecular weight excluding hydrogens is 424 g/mol. The molecule has 3 aromatic rings. The zero-order valence-corrected chi connectivity index (χ0v) is 19.5. The third kappa shape index (κ3) is 5.48. The van der Waals surface area contributed by atoms with E-state index in [2.05, 4.69) is 10.0 Å². The average Bonchev–Trinajstić information content (AvgIpc) is 2.79.